The number of aromatic nitrogens is 1. The Morgan fingerprint density at radius 2 is 1.89 bits per heavy atom. The van der Waals surface area contributed by atoms with E-state index in [-0.39, 0.29) is 30.1 Å². The van der Waals surface area contributed by atoms with E-state index in [1.165, 1.54) is 0 Å². The molecule has 2 aliphatic rings. The first kappa shape index (κ1) is 23.5. The van der Waals surface area contributed by atoms with Crippen molar-refractivity contribution in [2.45, 2.75) is 43.9 Å². The number of benzene rings is 2. The van der Waals surface area contributed by atoms with Crippen LogP contribution in [0.4, 0.5) is 18.9 Å². The van der Waals surface area contributed by atoms with Crippen molar-refractivity contribution in [1.29, 1.82) is 0 Å². The van der Waals surface area contributed by atoms with Gasteiger partial charge in [0.2, 0.25) is 0 Å². The second kappa shape index (κ2) is 9.41. The molecule has 2 heterocycles. The zero-order valence-electron chi connectivity index (χ0n) is 18.7. The van der Waals surface area contributed by atoms with Crippen molar-refractivity contribution in [2.75, 3.05) is 11.9 Å². The number of pyridine rings is 1. The van der Waals surface area contributed by atoms with Crippen molar-refractivity contribution in [3.63, 3.8) is 0 Å². The fraction of sp³-hybridized carbons (Fsp3) is 0.308. The number of rotatable bonds is 4. The molecule has 1 saturated carbocycles. The van der Waals surface area contributed by atoms with Gasteiger partial charge in [-0.2, -0.15) is 13.2 Å². The van der Waals surface area contributed by atoms with Crippen LogP contribution in [-0.4, -0.2) is 29.6 Å². The molecule has 1 fully saturated rings. The molecule has 0 radical (unpaired) electrons. The number of alkyl halides is 3. The molecule has 35 heavy (non-hydrogen) atoms. The Kier molecular flexibility index (Phi) is 6.32. The lowest BCUT2D eigenvalue weighted by atomic mass is 9.90. The van der Waals surface area contributed by atoms with E-state index in [0.717, 1.165) is 30.9 Å². The number of anilines is 1. The second-order valence-corrected chi connectivity index (χ2v) is 9.33. The molecule has 1 aromatic heterocycles. The summed E-state index contributed by atoms with van der Waals surface area (Å²) in [6, 6.07) is 12.9. The topological polar surface area (TPSA) is 63.2 Å². The van der Waals surface area contributed by atoms with Crippen molar-refractivity contribution in [3.8, 4) is 5.75 Å². The number of amides is 1. The summed E-state index contributed by atoms with van der Waals surface area (Å²) in [7, 11) is 0. The zero-order valence-corrected chi connectivity index (χ0v) is 19.4. The summed E-state index contributed by atoms with van der Waals surface area (Å²) in [6.07, 6.45) is 0.266. The van der Waals surface area contributed by atoms with Gasteiger partial charge in [-0.05, 0) is 62.1 Å². The van der Waals surface area contributed by atoms with Crippen LogP contribution in [0.15, 0.2) is 54.1 Å². The van der Waals surface area contributed by atoms with Crippen molar-refractivity contribution in [2.24, 2.45) is 0 Å². The van der Waals surface area contributed by atoms with Gasteiger partial charge in [0.1, 0.15) is 18.1 Å². The summed E-state index contributed by atoms with van der Waals surface area (Å²) in [5.41, 5.74) is 1.02. The average Bonchev–Trinajstić information content (AvgIpc) is 2.83. The van der Waals surface area contributed by atoms with Gasteiger partial charge < -0.3 is 15.4 Å². The molecule has 1 aliphatic heterocycles. The number of nitrogens with zero attached hydrogens (tertiary/aromatic N) is 1. The Morgan fingerprint density at radius 1 is 1.09 bits per heavy atom. The van der Waals surface area contributed by atoms with E-state index in [4.69, 9.17) is 16.3 Å². The molecule has 182 valence electrons. The standard InChI is InChI=1S/C26H23ClF3N3O2/c27-17-8-9-23-15(11-17)10-16(14-35-23)25(34)32-19-5-3-4-18(12-19)31-22-13-24(26(28,29)30)33-21-7-2-1-6-20(21)22/h1-2,6-11,13,18-19H,3-5,12,14H2,(H,31,33)(H,32,34)/t18-,19+/m0/s1. The lowest BCUT2D eigenvalue weighted by Crippen LogP contribution is -2.43. The molecule has 5 nitrogen and oxygen atoms in total. The van der Waals surface area contributed by atoms with Gasteiger partial charge in [-0.1, -0.05) is 29.8 Å². The molecule has 0 spiro atoms. The van der Waals surface area contributed by atoms with Crippen LogP contribution in [-0.2, 0) is 11.0 Å². The van der Waals surface area contributed by atoms with Crippen LogP contribution in [0.25, 0.3) is 17.0 Å². The predicted molar refractivity (Wildman–Crippen MR) is 129 cm³/mol. The molecule has 2 atom stereocenters. The summed E-state index contributed by atoms with van der Waals surface area (Å²) in [5.74, 6) is 0.464. The number of carbonyl (C=O) groups excluding carboxylic acids is 1. The third-order valence-electron chi connectivity index (χ3n) is 6.35. The minimum absolute atomic E-state index is 0.0861. The quantitative estimate of drug-likeness (QED) is 0.445. The first-order chi connectivity index (χ1) is 16.8. The number of fused-ring (bicyclic) bond motifs is 2. The summed E-state index contributed by atoms with van der Waals surface area (Å²) in [5, 5.41) is 7.56. The molecule has 1 aliphatic carbocycles. The van der Waals surface area contributed by atoms with Gasteiger partial charge in [-0.3, -0.25) is 4.79 Å². The summed E-state index contributed by atoms with van der Waals surface area (Å²) < 4.78 is 45.9. The van der Waals surface area contributed by atoms with Gasteiger partial charge in [-0.15, -0.1) is 0 Å². The van der Waals surface area contributed by atoms with Crippen LogP contribution in [0.1, 0.15) is 36.9 Å². The van der Waals surface area contributed by atoms with Crippen LogP contribution in [0.2, 0.25) is 5.02 Å². The number of para-hydroxylation sites is 1. The normalized spacial score (nSPS) is 19.9. The lowest BCUT2D eigenvalue weighted by Gasteiger charge is -2.32. The van der Waals surface area contributed by atoms with Gasteiger partial charge in [0, 0.05) is 33.7 Å². The Hall–Kier alpha value is -3.26. The van der Waals surface area contributed by atoms with Gasteiger partial charge >= 0.3 is 6.18 Å². The first-order valence-corrected chi connectivity index (χ1v) is 11.8. The van der Waals surface area contributed by atoms with Crippen molar-refractivity contribution in [3.05, 3.63) is 70.4 Å². The highest BCUT2D eigenvalue weighted by molar-refractivity contribution is 6.30. The van der Waals surface area contributed by atoms with E-state index < -0.39 is 11.9 Å². The highest BCUT2D eigenvalue weighted by atomic mass is 35.5. The van der Waals surface area contributed by atoms with E-state index in [1.807, 2.05) is 0 Å². The van der Waals surface area contributed by atoms with E-state index >= 15 is 0 Å². The maximum atomic E-state index is 13.4. The Labute approximate surface area is 205 Å². The van der Waals surface area contributed by atoms with E-state index in [2.05, 4.69) is 15.6 Å². The summed E-state index contributed by atoms with van der Waals surface area (Å²) in [6.45, 7) is 0.165. The predicted octanol–water partition coefficient (Wildman–Crippen LogP) is 6.22. The Balaban J connectivity index is 1.30. The monoisotopic (exact) mass is 501 g/mol. The highest BCUT2D eigenvalue weighted by Gasteiger charge is 2.34. The largest absolute Gasteiger partial charge is 0.488 e. The molecule has 0 bridgehead atoms. The summed E-state index contributed by atoms with van der Waals surface area (Å²) in [4.78, 5) is 16.7. The smallest absolute Gasteiger partial charge is 0.433 e. The van der Waals surface area contributed by atoms with Crippen LogP contribution in [0.5, 0.6) is 5.75 Å². The minimum Gasteiger partial charge on any atom is -0.488 e. The van der Waals surface area contributed by atoms with Crippen molar-refractivity contribution >= 4 is 40.2 Å². The minimum atomic E-state index is -4.54. The molecule has 2 aromatic carbocycles. The number of hydrogen-bond donors (Lipinski definition) is 2. The van der Waals surface area contributed by atoms with E-state index in [0.29, 0.717) is 33.8 Å². The number of ether oxygens (including phenoxy) is 1. The van der Waals surface area contributed by atoms with E-state index in [1.54, 1.807) is 48.5 Å². The fourth-order valence-corrected chi connectivity index (χ4v) is 4.85. The van der Waals surface area contributed by atoms with E-state index in [9.17, 15) is 18.0 Å². The third-order valence-corrected chi connectivity index (χ3v) is 6.59. The van der Waals surface area contributed by atoms with Crippen LogP contribution >= 0.6 is 11.6 Å². The maximum absolute atomic E-state index is 13.4. The molecule has 3 aromatic rings. The van der Waals surface area contributed by atoms with Crippen molar-refractivity contribution < 1.29 is 22.7 Å². The molecule has 1 amide bonds. The molecular formula is C26H23ClF3N3O2. The van der Waals surface area contributed by atoms with Crippen LogP contribution < -0.4 is 15.4 Å². The van der Waals surface area contributed by atoms with Gasteiger partial charge in [0.05, 0.1) is 11.1 Å². The summed E-state index contributed by atoms with van der Waals surface area (Å²) >= 11 is 6.05. The molecule has 9 heteroatoms. The number of halogens is 4. The number of carbonyl (C=O) groups is 1. The molecular weight excluding hydrogens is 479 g/mol. The average molecular weight is 502 g/mol. The third kappa shape index (κ3) is 5.22. The second-order valence-electron chi connectivity index (χ2n) is 8.89. The highest BCUT2D eigenvalue weighted by Crippen LogP contribution is 2.34. The van der Waals surface area contributed by atoms with Crippen LogP contribution in [0, 0.1) is 0 Å². The first-order valence-electron chi connectivity index (χ1n) is 11.4. The Bertz CT molecular complexity index is 1310. The zero-order chi connectivity index (χ0) is 24.6. The molecule has 0 saturated heterocycles. The SMILES string of the molecule is O=C(N[C@@H]1CCC[C@H](Nc2cc(C(F)(F)F)nc3ccccc23)C1)C1=Cc2cc(Cl)ccc2OC1. The molecule has 5 rings (SSSR count). The maximum Gasteiger partial charge on any atom is 0.433 e. The lowest BCUT2D eigenvalue weighted by molar-refractivity contribution is -0.140. The Morgan fingerprint density at radius 3 is 2.71 bits per heavy atom. The van der Waals surface area contributed by atoms with Crippen LogP contribution in [0.3, 0.4) is 0 Å². The van der Waals surface area contributed by atoms with Gasteiger partial charge in [0.15, 0.2) is 0 Å². The number of nitrogens with one attached hydrogen (secondary N) is 2. The fourth-order valence-electron chi connectivity index (χ4n) is 4.67. The van der Waals surface area contributed by atoms with Gasteiger partial charge in [-0.25, -0.2) is 4.98 Å². The van der Waals surface area contributed by atoms with Crippen molar-refractivity contribution in [1.82, 2.24) is 10.3 Å². The van der Waals surface area contributed by atoms with Gasteiger partial charge in [0.25, 0.3) is 5.91 Å². The molecule has 2 N–H and O–H groups in total. The number of hydrogen-bond acceptors (Lipinski definition) is 4. The molecule has 0 unspecified atom stereocenters.